The Hall–Kier alpha value is -1.50. The molecule has 0 fully saturated rings. The van der Waals surface area contributed by atoms with Gasteiger partial charge in [-0.15, -0.1) is 10.2 Å². The Kier molecular flexibility index (Phi) is 2.00. The van der Waals surface area contributed by atoms with Crippen molar-refractivity contribution in [3.63, 3.8) is 0 Å². The fourth-order valence-corrected chi connectivity index (χ4v) is 1.29. The molecule has 0 aliphatic heterocycles. The van der Waals surface area contributed by atoms with Crippen LogP contribution < -0.4 is 5.73 Å². The van der Waals surface area contributed by atoms with E-state index in [0.717, 1.165) is 10.6 Å². The van der Waals surface area contributed by atoms with Crippen LogP contribution in [0.3, 0.4) is 0 Å². The van der Waals surface area contributed by atoms with Crippen LogP contribution in [0.2, 0.25) is 5.02 Å². The summed E-state index contributed by atoms with van der Waals surface area (Å²) in [5, 5.41) is 6.49. The lowest BCUT2D eigenvalue weighted by molar-refractivity contribution is -0.145. The van der Waals surface area contributed by atoms with E-state index in [0.29, 0.717) is 0 Å². The van der Waals surface area contributed by atoms with Crippen LogP contribution >= 0.6 is 11.6 Å². The molecule has 0 unspecified atom stereocenters. The Morgan fingerprint density at radius 3 is 2.60 bits per heavy atom. The van der Waals surface area contributed by atoms with Crippen molar-refractivity contribution in [1.29, 1.82) is 0 Å². The lowest BCUT2D eigenvalue weighted by Gasteiger charge is -2.04. The number of hydrogen-bond donors (Lipinski definition) is 1. The molecule has 0 aromatic carbocycles. The van der Waals surface area contributed by atoms with Gasteiger partial charge in [0.2, 0.25) is 5.82 Å². The van der Waals surface area contributed by atoms with Gasteiger partial charge in [0.15, 0.2) is 5.65 Å². The topological polar surface area (TPSA) is 56.2 Å². The molecule has 4 nitrogen and oxygen atoms in total. The van der Waals surface area contributed by atoms with E-state index in [1.807, 2.05) is 0 Å². The molecule has 2 N–H and O–H groups in total. The smallest absolute Gasteiger partial charge is 0.394 e. The summed E-state index contributed by atoms with van der Waals surface area (Å²) in [5.41, 5.74) is 5.32. The Morgan fingerprint density at radius 1 is 1.33 bits per heavy atom. The molecule has 0 spiro atoms. The van der Waals surface area contributed by atoms with Crippen LogP contribution in [0.1, 0.15) is 5.82 Å². The lowest BCUT2D eigenvalue weighted by atomic mass is 10.4. The van der Waals surface area contributed by atoms with Crippen molar-refractivity contribution in [2.45, 2.75) is 6.18 Å². The first kappa shape index (κ1) is 10.0. The zero-order chi connectivity index (χ0) is 11.2. The number of hydrogen-bond acceptors (Lipinski definition) is 3. The third-order valence-corrected chi connectivity index (χ3v) is 2.15. The van der Waals surface area contributed by atoms with Gasteiger partial charge in [0.1, 0.15) is 0 Å². The molecule has 0 atom stereocenters. The van der Waals surface area contributed by atoms with Gasteiger partial charge in [-0.25, -0.2) is 0 Å². The number of pyridine rings is 1. The van der Waals surface area contributed by atoms with E-state index in [1.54, 1.807) is 0 Å². The van der Waals surface area contributed by atoms with Crippen molar-refractivity contribution in [3.05, 3.63) is 23.1 Å². The second kappa shape index (κ2) is 2.99. The minimum atomic E-state index is -4.57. The van der Waals surface area contributed by atoms with Crippen LogP contribution in [0.4, 0.5) is 18.9 Å². The van der Waals surface area contributed by atoms with E-state index in [9.17, 15) is 13.2 Å². The molecule has 0 bridgehead atoms. The molecule has 0 saturated carbocycles. The maximum atomic E-state index is 12.4. The van der Waals surface area contributed by atoms with Crippen molar-refractivity contribution < 1.29 is 13.2 Å². The summed E-state index contributed by atoms with van der Waals surface area (Å²) in [6, 6.07) is 1.25. The molecule has 0 saturated heterocycles. The SMILES string of the molecule is Nc1c(Cl)ccn2c(C(F)(F)F)nnc12. The van der Waals surface area contributed by atoms with Gasteiger partial charge in [-0.2, -0.15) is 13.2 Å². The Morgan fingerprint density at radius 2 is 2.00 bits per heavy atom. The number of nitrogen functional groups attached to an aromatic ring is 1. The third-order valence-electron chi connectivity index (χ3n) is 1.82. The summed E-state index contributed by atoms with van der Waals surface area (Å²) in [6.07, 6.45) is -3.45. The average molecular weight is 237 g/mol. The van der Waals surface area contributed by atoms with E-state index in [-0.39, 0.29) is 16.4 Å². The van der Waals surface area contributed by atoms with Gasteiger partial charge in [-0.3, -0.25) is 4.40 Å². The zero-order valence-corrected chi connectivity index (χ0v) is 7.84. The lowest BCUT2D eigenvalue weighted by Crippen LogP contribution is -2.10. The van der Waals surface area contributed by atoms with Crippen LogP contribution in [0.25, 0.3) is 5.65 Å². The predicted molar refractivity (Wildman–Crippen MR) is 47.4 cm³/mol. The highest BCUT2D eigenvalue weighted by atomic mass is 35.5. The number of nitrogens with zero attached hydrogens (tertiary/aromatic N) is 3. The van der Waals surface area contributed by atoms with Crippen molar-refractivity contribution >= 4 is 22.9 Å². The number of anilines is 1. The van der Waals surface area contributed by atoms with Crippen molar-refractivity contribution in [3.8, 4) is 0 Å². The first-order valence-electron chi connectivity index (χ1n) is 3.77. The molecular formula is C7H4ClF3N4. The fourth-order valence-electron chi connectivity index (χ4n) is 1.15. The molecule has 0 aliphatic rings. The van der Waals surface area contributed by atoms with E-state index >= 15 is 0 Å². The van der Waals surface area contributed by atoms with E-state index < -0.39 is 12.0 Å². The minimum absolute atomic E-state index is 0.0258. The van der Waals surface area contributed by atoms with Gasteiger partial charge in [-0.05, 0) is 6.07 Å². The van der Waals surface area contributed by atoms with Crippen LogP contribution in [0.5, 0.6) is 0 Å². The van der Waals surface area contributed by atoms with Crippen LogP contribution in [0.15, 0.2) is 12.3 Å². The summed E-state index contributed by atoms with van der Waals surface area (Å²) < 4.78 is 37.9. The molecule has 2 heterocycles. The average Bonchev–Trinajstić information content (AvgIpc) is 2.54. The standard InChI is InChI=1S/C7H4ClF3N4/c8-3-1-2-15-5(4(3)12)13-14-6(15)7(9,10)11/h1-2H,12H2. The first-order chi connectivity index (χ1) is 6.91. The van der Waals surface area contributed by atoms with Gasteiger partial charge in [0, 0.05) is 6.20 Å². The number of rotatable bonds is 0. The highest BCUT2D eigenvalue weighted by Crippen LogP contribution is 2.30. The van der Waals surface area contributed by atoms with Crippen LogP contribution in [-0.2, 0) is 6.18 Å². The predicted octanol–water partition coefficient (Wildman–Crippen LogP) is 1.98. The van der Waals surface area contributed by atoms with E-state index in [4.69, 9.17) is 17.3 Å². The van der Waals surface area contributed by atoms with Crippen molar-refractivity contribution in [2.24, 2.45) is 0 Å². The molecule has 80 valence electrons. The largest absolute Gasteiger partial charge is 0.452 e. The summed E-state index contributed by atoms with van der Waals surface area (Å²) >= 11 is 5.62. The van der Waals surface area contributed by atoms with E-state index in [2.05, 4.69) is 10.2 Å². The molecule has 0 amide bonds. The normalized spacial score (nSPS) is 12.3. The number of alkyl halides is 3. The van der Waals surface area contributed by atoms with Crippen LogP contribution in [0, 0.1) is 0 Å². The quantitative estimate of drug-likeness (QED) is 0.761. The number of halogens is 4. The first-order valence-corrected chi connectivity index (χ1v) is 4.15. The highest BCUT2D eigenvalue weighted by molar-refractivity contribution is 6.33. The molecule has 15 heavy (non-hydrogen) atoms. The summed E-state index contributed by atoms with van der Waals surface area (Å²) in [6.45, 7) is 0. The molecule has 2 aromatic rings. The Labute approximate surface area is 86.5 Å². The van der Waals surface area contributed by atoms with Crippen molar-refractivity contribution in [1.82, 2.24) is 14.6 Å². The molecule has 2 rings (SSSR count). The van der Waals surface area contributed by atoms with E-state index in [1.165, 1.54) is 6.07 Å². The summed E-state index contributed by atoms with van der Waals surface area (Å²) in [7, 11) is 0. The second-order valence-corrected chi connectivity index (χ2v) is 3.20. The molecule has 0 aliphatic carbocycles. The number of nitrogens with two attached hydrogens (primary N) is 1. The molecule has 8 heteroatoms. The zero-order valence-electron chi connectivity index (χ0n) is 7.09. The monoisotopic (exact) mass is 236 g/mol. The number of aromatic nitrogens is 3. The highest BCUT2D eigenvalue weighted by Gasteiger charge is 2.37. The molecule has 2 aromatic heterocycles. The third kappa shape index (κ3) is 1.48. The van der Waals surface area contributed by atoms with Gasteiger partial charge in [0.05, 0.1) is 10.7 Å². The fraction of sp³-hybridized carbons (Fsp3) is 0.143. The maximum absolute atomic E-state index is 12.4. The van der Waals surface area contributed by atoms with Gasteiger partial charge in [0.25, 0.3) is 0 Å². The van der Waals surface area contributed by atoms with Gasteiger partial charge < -0.3 is 5.73 Å². The van der Waals surface area contributed by atoms with Gasteiger partial charge in [-0.1, -0.05) is 11.6 Å². The van der Waals surface area contributed by atoms with Gasteiger partial charge >= 0.3 is 6.18 Å². The van der Waals surface area contributed by atoms with Crippen LogP contribution in [-0.4, -0.2) is 14.6 Å². The molecular weight excluding hydrogens is 233 g/mol. The van der Waals surface area contributed by atoms with Crippen molar-refractivity contribution in [2.75, 3.05) is 5.73 Å². The second-order valence-electron chi connectivity index (χ2n) is 2.79. The Bertz CT molecular complexity index is 519. The number of fused-ring (bicyclic) bond motifs is 1. The summed E-state index contributed by atoms with van der Waals surface area (Å²) in [5.74, 6) is -1.12. The summed E-state index contributed by atoms with van der Waals surface area (Å²) in [4.78, 5) is 0. The Balaban J connectivity index is 2.78. The maximum Gasteiger partial charge on any atom is 0.452 e. The minimum Gasteiger partial charge on any atom is -0.394 e. The molecule has 0 radical (unpaired) electrons.